The van der Waals surface area contributed by atoms with Crippen molar-refractivity contribution < 1.29 is 4.79 Å². The van der Waals surface area contributed by atoms with Crippen LogP contribution in [0.25, 0.3) is 0 Å². The standard InChI is InChI=1S/C32H36N6O/c1-23-18-26(20-33)19-24(2)31(23)32(39)35-15-12-25(3)37-16-13-30(14-17-37)38(29-10-5-4-6-11-29)22-28-9-7-8-27(21-34)36-28/h4-11,18-19,25,30H,12-17,22H2,1-3H3,(H,35,39)/t25-/m1/s1. The number of hydrogen-bond acceptors (Lipinski definition) is 6. The Labute approximate surface area is 231 Å². The van der Waals surface area contributed by atoms with Crippen LogP contribution in [0.5, 0.6) is 0 Å². The van der Waals surface area contributed by atoms with Crippen molar-refractivity contribution in [3.05, 3.63) is 94.3 Å². The number of nitrogens with zero attached hydrogens (tertiary/aromatic N) is 5. The molecule has 4 rings (SSSR count). The van der Waals surface area contributed by atoms with Gasteiger partial charge in [0.05, 0.1) is 23.9 Å². The molecule has 1 aliphatic heterocycles. The van der Waals surface area contributed by atoms with Gasteiger partial charge in [0, 0.05) is 43.0 Å². The number of likely N-dealkylation sites (tertiary alicyclic amines) is 1. The molecule has 1 aromatic heterocycles. The Morgan fingerprint density at radius 3 is 2.38 bits per heavy atom. The highest BCUT2D eigenvalue weighted by Crippen LogP contribution is 2.26. The predicted molar refractivity (Wildman–Crippen MR) is 153 cm³/mol. The summed E-state index contributed by atoms with van der Waals surface area (Å²) in [7, 11) is 0. The lowest BCUT2D eigenvalue weighted by molar-refractivity contribution is 0.0944. The van der Waals surface area contributed by atoms with Crippen LogP contribution in [0.4, 0.5) is 5.69 Å². The number of aryl methyl sites for hydroxylation is 2. The summed E-state index contributed by atoms with van der Waals surface area (Å²) < 4.78 is 0. The second-order valence-electron chi connectivity index (χ2n) is 10.3. The van der Waals surface area contributed by atoms with E-state index in [1.165, 1.54) is 5.69 Å². The number of nitriles is 2. The lowest BCUT2D eigenvalue weighted by Gasteiger charge is -2.41. The summed E-state index contributed by atoms with van der Waals surface area (Å²) >= 11 is 0. The van der Waals surface area contributed by atoms with E-state index in [1.807, 2.05) is 32.0 Å². The number of piperidine rings is 1. The maximum absolute atomic E-state index is 12.9. The van der Waals surface area contributed by atoms with Crippen LogP contribution < -0.4 is 10.2 Å². The van der Waals surface area contributed by atoms with Gasteiger partial charge in [0.2, 0.25) is 0 Å². The molecule has 0 unspecified atom stereocenters. The Hall–Kier alpha value is -4.20. The topological polar surface area (TPSA) is 96.0 Å². The van der Waals surface area contributed by atoms with Crippen molar-refractivity contribution in [3.63, 3.8) is 0 Å². The highest BCUT2D eigenvalue weighted by atomic mass is 16.1. The summed E-state index contributed by atoms with van der Waals surface area (Å²) in [6.45, 7) is 9.24. The molecule has 1 atom stereocenters. The lowest BCUT2D eigenvalue weighted by Crippen LogP contribution is -2.48. The number of rotatable bonds is 9. The summed E-state index contributed by atoms with van der Waals surface area (Å²) in [6.07, 6.45) is 2.94. The molecule has 2 aromatic carbocycles. The Kier molecular flexibility index (Phi) is 9.31. The van der Waals surface area contributed by atoms with E-state index < -0.39 is 0 Å². The van der Waals surface area contributed by atoms with Crippen molar-refractivity contribution in [1.82, 2.24) is 15.2 Å². The van der Waals surface area contributed by atoms with E-state index in [0.717, 1.165) is 49.2 Å². The second-order valence-corrected chi connectivity index (χ2v) is 10.3. The summed E-state index contributed by atoms with van der Waals surface area (Å²) in [5, 5.41) is 21.5. The van der Waals surface area contributed by atoms with Crippen LogP contribution in [0, 0.1) is 36.5 Å². The fraction of sp³-hybridized carbons (Fsp3) is 0.375. The zero-order valence-corrected chi connectivity index (χ0v) is 23.0. The summed E-state index contributed by atoms with van der Waals surface area (Å²) in [4.78, 5) is 22.3. The van der Waals surface area contributed by atoms with Gasteiger partial charge in [-0.25, -0.2) is 4.98 Å². The lowest BCUT2D eigenvalue weighted by atomic mass is 9.98. The molecule has 0 aliphatic carbocycles. The molecular formula is C32H36N6O. The van der Waals surface area contributed by atoms with E-state index >= 15 is 0 Å². The SMILES string of the molecule is Cc1cc(C#N)cc(C)c1C(=O)NCC[C@@H](C)N1CCC(N(Cc2cccc(C#N)n2)c2ccccc2)CC1. The Morgan fingerprint density at radius 1 is 1.05 bits per heavy atom. The molecule has 1 saturated heterocycles. The van der Waals surface area contributed by atoms with Gasteiger partial charge in [-0.05, 0) is 87.6 Å². The first kappa shape index (κ1) is 27.8. The van der Waals surface area contributed by atoms with Crippen LogP contribution in [0.2, 0.25) is 0 Å². The maximum atomic E-state index is 12.9. The van der Waals surface area contributed by atoms with Crippen molar-refractivity contribution in [1.29, 1.82) is 10.5 Å². The number of anilines is 1. The van der Waals surface area contributed by atoms with Crippen LogP contribution in [-0.2, 0) is 6.54 Å². The third kappa shape index (κ3) is 7.02. The van der Waals surface area contributed by atoms with Gasteiger partial charge in [0.25, 0.3) is 5.91 Å². The molecule has 1 aliphatic rings. The molecule has 0 saturated carbocycles. The molecule has 2 heterocycles. The van der Waals surface area contributed by atoms with E-state index in [-0.39, 0.29) is 5.91 Å². The first-order valence-electron chi connectivity index (χ1n) is 13.6. The fourth-order valence-electron chi connectivity index (χ4n) is 5.55. The van der Waals surface area contributed by atoms with Gasteiger partial charge >= 0.3 is 0 Å². The van der Waals surface area contributed by atoms with Gasteiger partial charge in [-0.15, -0.1) is 0 Å². The first-order chi connectivity index (χ1) is 18.9. The molecule has 0 spiro atoms. The molecular weight excluding hydrogens is 484 g/mol. The third-order valence-electron chi connectivity index (χ3n) is 7.64. The summed E-state index contributed by atoms with van der Waals surface area (Å²) in [6, 6.07) is 24.6. The molecule has 1 amide bonds. The first-order valence-corrected chi connectivity index (χ1v) is 13.6. The Balaban J connectivity index is 1.32. The minimum atomic E-state index is -0.0759. The van der Waals surface area contributed by atoms with Gasteiger partial charge in [0.1, 0.15) is 11.8 Å². The summed E-state index contributed by atoms with van der Waals surface area (Å²) in [5.74, 6) is -0.0759. The molecule has 0 radical (unpaired) electrons. The fourth-order valence-corrected chi connectivity index (χ4v) is 5.55. The normalized spacial score (nSPS) is 14.7. The highest BCUT2D eigenvalue weighted by molar-refractivity contribution is 5.97. The van der Waals surface area contributed by atoms with E-state index in [9.17, 15) is 10.1 Å². The zero-order chi connectivity index (χ0) is 27.8. The van der Waals surface area contributed by atoms with Gasteiger partial charge in [-0.2, -0.15) is 10.5 Å². The number of nitrogens with one attached hydrogen (secondary N) is 1. The number of pyridine rings is 1. The number of para-hydroxylation sites is 1. The van der Waals surface area contributed by atoms with Crippen LogP contribution in [-0.4, -0.2) is 47.5 Å². The van der Waals surface area contributed by atoms with Gasteiger partial charge in [-0.1, -0.05) is 24.3 Å². The number of amides is 1. The van der Waals surface area contributed by atoms with Gasteiger partial charge < -0.3 is 15.1 Å². The smallest absolute Gasteiger partial charge is 0.251 e. The molecule has 3 aromatic rings. The average molecular weight is 521 g/mol. The van der Waals surface area contributed by atoms with Gasteiger partial charge in [-0.3, -0.25) is 4.79 Å². The van der Waals surface area contributed by atoms with E-state index in [0.29, 0.717) is 42.0 Å². The number of benzene rings is 2. The molecule has 7 nitrogen and oxygen atoms in total. The molecule has 7 heteroatoms. The van der Waals surface area contributed by atoms with Crippen molar-refractivity contribution in [3.8, 4) is 12.1 Å². The number of aromatic nitrogens is 1. The monoisotopic (exact) mass is 520 g/mol. The van der Waals surface area contributed by atoms with Crippen LogP contribution in [0.1, 0.15) is 64.6 Å². The van der Waals surface area contributed by atoms with Crippen LogP contribution in [0.3, 0.4) is 0 Å². The van der Waals surface area contributed by atoms with Crippen molar-refractivity contribution >= 4 is 11.6 Å². The average Bonchev–Trinajstić information content (AvgIpc) is 2.96. The molecule has 200 valence electrons. The molecule has 1 N–H and O–H groups in total. The van der Waals surface area contributed by atoms with Crippen LogP contribution >= 0.6 is 0 Å². The quantitative estimate of drug-likeness (QED) is 0.421. The van der Waals surface area contributed by atoms with Crippen molar-refractivity contribution in [2.75, 3.05) is 24.5 Å². The van der Waals surface area contributed by atoms with E-state index in [2.05, 4.69) is 63.4 Å². The second kappa shape index (κ2) is 13.0. The Morgan fingerprint density at radius 2 is 1.74 bits per heavy atom. The van der Waals surface area contributed by atoms with Crippen molar-refractivity contribution in [2.45, 2.75) is 58.7 Å². The molecule has 1 fully saturated rings. The predicted octanol–water partition coefficient (Wildman–Crippen LogP) is 5.12. The minimum absolute atomic E-state index is 0.0759. The minimum Gasteiger partial charge on any atom is -0.363 e. The highest BCUT2D eigenvalue weighted by Gasteiger charge is 2.27. The maximum Gasteiger partial charge on any atom is 0.251 e. The molecule has 0 bridgehead atoms. The number of carbonyl (C=O) groups excluding carboxylic acids is 1. The van der Waals surface area contributed by atoms with Gasteiger partial charge in [0.15, 0.2) is 0 Å². The zero-order valence-electron chi connectivity index (χ0n) is 23.0. The Bertz CT molecular complexity index is 1340. The third-order valence-corrected chi connectivity index (χ3v) is 7.64. The number of carbonyl (C=O) groups is 1. The van der Waals surface area contributed by atoms with E-state index in [1.54, 1.807) is 18.2 Å². The largest absolute Gasteiger partial charge is 0.363 e. The van der Waals surface area contributed by atoms with Crippen molar-refractivity contribution in [2.24, 2.45) is 0 Å². The molecule has 39 heavy (non-hydrogen) atoms. The summed E-state index contributed by atoms with van der Waals surface area (Å²) in [5.41, 5.74) is 5.42. The number of hydrogen-bond donors (Lipinski definition) is 1. The van der Waals surface area contributed by atoms with E-state index in [4.69, 9.17) is 5.26 Å². The van der Waals surface area contributed by atoms with Crippen LogP contribution in [0.15, 0.2) is 60.7 Å².